The standard InChI is InChI=1S/C19H19Cl2N3O5S/c20-13-6-14(21)8-16(7-13)29-18-4-3-15(24(25)26)9-19(18)30(27,28)23-10-12-2-1-5-22-17(12)11-23/h3-4,6-9,12,17,22H,1-2,5,10-11H2. The minimum atomic E-state index is -4.03. The van der Waals surface area contributed by atoms with Crippen LogP contribution in [0, 0.1) is 16.0 Å². The number of nitrogens with one attached hydrogen (secondary N) is 1. The molecule has 2 aliphatic heterocycles. The van der Waals surface area contributed by atoms with E-state index in [-0.39, 0.29) is 34.0 Å². The van der Waals surface area contributed by atoms with Crippen LogP contribution in [-0.2, 0) is 10.0 Å². The Balaban J connectivity index is 1.73. The highest BCUT2D eigenvalue weighted by Gasteiger charge is 2.41. The zero-order valence-electron chi connectivity index (χ0n) is 15.8. The van der Waals surface area contributed by atoms with Crippen LogP contribution in [0.25, 0.3) is 0 Å². The number of nitrogens with zero attached hydrogens (tertiary/aromatic N) is 2. The number of nitro benzene ring substituents is 1. The topological polar surface area (TPSA) is 102 Å². The van der Waals surface area contributed by atoms with Crippen LogP contribution in [-0.4, -0.2) is 43.3 Å². The summed E-state index contributed by atoms with van der Waals surface area (Å²) in [5, 5.41) is 15.3. The van der Waals surface area contributed by atoms with Crippen LogP contribution in [0.2, 0.25) is 10.0 Å². The molecular formula is C19H19Cl2N3O5S. The molecule has 2 aliphatic rings. The maximum atomic E-state index is 13.4. The van der Waals surface area contributed by atoms with Crippen LogP contribution >= 0.6 is 23.2 Å². The van der Waals surface area contributed by atoms with E-state index in [0.717, 1.165) is 25.5 Å². The summed E-state index contributed by atoms with van der Waals surface area (Å²) in [6, 6.07) is 8.09. The molecule has 0 bridgehead atoms. The number of nitro groups is 1. The van der Waals surface area contributed by atoms with Gasteiger partial charge in [0.05, 0.1) is 4.92 Å². The SMILES string of the molecule is O=[N+]([O-])c1ccc(Oc2cc(Cl)cc(Cl)c2)c(S(=O)(=O)N2CC3CCCNC3C2)c1. The van der Waals surface area contributed by atoms with Crippen LogP contribution in [0.3, 0.4) is 0 Å². The van der Waals surface area contributed by atoms with E-state index >= 15 is 0 Å². The van der Waals surface area contributed by atoms with Crippen LogP contribution in [0.5, 0.6) is 11.5 Å². The van der Waals surface area contributed by atoms with Gasteiger partial charge in [0.1, 0.15) is 16.4 Å². The maximum Gasteiger partial charge on any atom is 0.271 e. The van der Waals surface area contributed by atoms with E-state index < -0.39 is 14.9 Å². The molecule has 0 saturated carbocycles. The molecule has 0 spiro atoms. The van der Waals surface area contributed by atoms with E-state index in [0.29, 0.717) is 23.1 Å². The molecular weight excluding hydrogens is 453 g/mol. The summed E-state index contributed by atoms with van der Waals surface area (Å²) in [4.78, 5) is 10.4. The monoisotopic (exact) mass is 471 g/mol. The van der Waals surface area contributed by atoms with Gasteiger partial charge in [-0.2, -0.15) is 4.31 Å². The summed E-state index contributed by atoms with van der Waals surface area (Å²) >= 11 is 12.0. The summed E-state index contributed by atoms with van der Waals surface area (Å²) in [6.45, 7) is 1.54. The third-order valence-corrected chi connectivity index (χ3v) is 7.67. The summed E-state index contributed by atoms with van der Waals surface area (Å²) < 4.78 is 34.0. The molecule has 160 valence electrons. The van der Waals surface area contributed by atoms with Crippen molar-refractivity contribution in [3.8, 4) is 11.5 Å². The number of halogens is 2. The van der Waals surface area contributed by atoms with Crippen molar-refractivity contribution in [2.45, 2.75) is 23.8 Å². The molecule has 4 rings (SSSR count). The first kappa shape index (κ1) is 21.3. The molecule has 0 aliphatic carbocycles. The number of non-ortho nitro benzene ring substituents is 1. The molecule has 2 aromatic rings. The Morgan fingerprint density at radius 1 is 1.13 bits per heavy atom. The molecule has 2 fully saturated rings. The van der Waals surface area contributed by atoms with Crippen LogP contribution < -0.4 is 10.1 Å². The van der Waals surface area contributed by atoms with E-state index in [9.17, 15) is 18.5 Å². The zero-order chi connectivity index (χ0) is 21.5. The Kier molecular flexibility index (Phi) is 5.91. The Morgan fingerprint density at radius 3 is 2.53 bits per heavy atom. The second-order valence-corrected chi connectivity index (χ2v) is 10.2. The van der Waals surface area contributed by atoms with Crippen molar-refractivity contribution in [1.29, 1.82) is 0 Å². The molecule has 30 heavy (non-hydrogen) atoms. The van der Waals surface area contributed by atoms with Crippen molar-refractivity contribution < 1.29 is 18.1 Å². The van der Waals surface area contributed by atoms with Crippen molar-refractivity contribution in [3.05, 3.63) is 56.6 Å². The number of fused-ring (bicyclic) bond motifs is 1. The number of piperidine rings is 1. The molecule has 0 aromatic heterocycles. The Bertz CT molecular complexity index is 1060. The highest BCUT2D eigenvalue weighted by Crippen LogP contribution is 2.37. The van der Waals surface area contributed by atoms with Crippen LogP contribution in [0.15, 0.2) is 41.3 Å². The van der Waals surface area contributed by atoms with Gasteiger partial charge in [-0.3, -0.25) is 10.1 Å². The number of benzene rings is 2. The summed E-state index contributed by atoms with van der Waals surface area (Å²) in [7, 11) is -4.03. The second kappa shape index (κ2) is 8.32. The zero-order valence-corrected chi connectivity index (χ0v) is 18.1. The predicted octanol–water partition coefficient (Wildman–Crippen LogP) is 4.07. The van der Waals surface area contributed by atoms with E-state index in [1.165, 1.54) is 34.6 Å². The lowest BCUT2D eigenvalue weighted by molar-refractivity contribution is -0.385. The number of ether oxygens (including phenoxy) is 1. The van der Waals surface area contributed by atoms with Crippen molar-refractivity contribution >= 4 is 38.9 Å². The maximum absolute atomic E-state index is 13.4. The molecule has 11 heteroatoms. The first-order valence-electron chi connectivity index (χ1n) is 9.40. The predicted molar refractivity (Wildman–Crippen MR) is 113 cm³/mol. The van der Waals surface area contributed by atoms with E-state index in [1.54, 1.807) is 0 Å². The lowest BCUT2D eigenvalue weighted by Crippen LogP contribution is -2.41. The Labute approximate surface area is 183 Å². The van der Waals surface area contributed by atoms with Crippen LogP contribution in [0.1, 0.15) is 12.8 Å². The smallest absolute Gasteiger partial charge is 0.271 e. The summed E-state index contributed by atoms with van der Waals surface area (Å²) in [5.41, 5.74) is -0.334. The fourth-order valence-electron chi connectivity index (χ4n) is 3.95. The van der Waals surface area contributed by atoms with Gasteiger partial charge in [0, 0.05) is 41.3 Å². The number of hydrogen-bond donors (Lipinski definition) is 1. The van der Waals surface area contributed by atoms with Crippen molar-refractivity contribution in [1.82, 2.24) is 9.62 Å². The fourth-order valence-corrected chi connectivity index (χ4v) is 6.12. The van der Waals surface area contributed by atoms with Gasteiger partial charge in [-0.25, -0.2) is 8.42 Å². The fraction of sp³-hybridized carbons (Fsp3) is 0.368. The first-order valence-corrected chi connectivity index (χ1v) is 11.6. The van der Waals surface area contributed by atoms with Crippen molar-refractivity contribution in [2.24, 2.45) is 5.92 Å². The molecule has 1 N–H and O–H groups in total. The van der Waals surface area contributed by atoms with Crippen LogP contribution in [0.4, 0.5) is 5.69 Å². The van der Waals surface area contributed by atoms with Gasteiger partial charge in [-0.05, 0) is 49.6 Å². The molecule has 0 radical (unpaired) electrons. The van der Waals surface area contributed by atoms with Crippen molar-refractivity contribution in [3.63, 3.8) is 0 Å². The molecule has 0 amide bonds. The minimum Gasteiger partial charge on any atom is -0.456 e. The lowest BCUT2D eigenvalue weighted by Gasteiger charge is -2.24. The Hall–Kier alpha value is -1.91. The average molecular weight is 472 g/mol. The molecule has 2 aromatic carbocycles. The minimum absolute atomic E-state index is 0.0261. The van der Waals surface area contributed by atoms with Gasteiger partial charge >= 0.3 is 0 Å². The largest absolute Gasteiger partial charge is 0.456 e. The van der Waals surface area contributed by atoms with Gasteiger partial charge in [-0.15, -0.1) is 0 Å². The molecule has 8 nitrogen and oxygen atoms in total. The normalized spacial score (nSPS) is 21.9. The Morgan fingerprint density at radius 2 is 1.87 bits per heavy atom. The molecule has 2 saturated heterocycles. The summed E-state index contributed by atoms with van der Waals surface area (Å²) in [5.74, 6) is 0.430. The highest BCUT2D eigenvalue weighted by molar-refractivity contribution is 7.89. The lowest BCUT2D eigenvalue weighted by atomic mass is 9.94. The van der Waals surface area contributed by atoms with E-state index in [2.05, 4.69) is 5.32 Å². The summed E-state index contributed by atoms with van der Waals surface area (Å²) in [6.07, 6.45) is 1.94. The number of sulfonamides is 1. The van der Waals surface area contributed by atoms with Gasteiger partial charge in [0.15, 0.2) is 0 Å². The highest BCUT2D eigenvalue weighted by atomic mass is 35.5. The van der Waals surface area contributed by atoms with Gasteiger partial charge < -0.3 is 10.1 Å². The average Bonchev–Trinajstić information content (AvgIpc) is 3.12. The quantitative estimate of drug-likeness (QED) is 0.520. The van der Waals surface area contributed by atoms with Gasteiger partial charge in [-0.1, -0.05) is 23.2 Å². The number of rotatable bonds is 5. The third-order valence-electron chi connectivity index (χ3n) is 5.39. The van der Waals surface area contributed by atoms with E-state index in [4.69, 9.17) is 27.9 Å². The van der Waals surface area contributed by atoms with Gasteiger partial charge in [0.2, 0.25) is 10.0 Å². The molecule has 2 unspecified atom stereocenters. The number of hydrogen-bond acceptors (Lipinski definition) is 6. The molecule has 2 heterocycles. The first-order chi connectivity index (χ1) is 14.2. The van der Waals surface area contributed by atoms with E-state index in [1.807, 2.05) is 0 Å². The van der Waals surface area contributed by atoms with Gasteiger partial charge in [0.25, 0.3) is 5.69 Å². The third kappa shape index (κ3) is 4.26. The second-order valence-electron chi connectivity index (χ2n) is 7.38. The molecule has 2 atom stereocenters. The van der Waals surface area contributed by atoms with Crippen molar-refractivity contribution in [2.75, 3.05) is 19.6 Å².